The molecular weight excluding hydrogens is 216 g/mol. The van der Waals surface area contributed by atoms with Crippen LogP contribution in [0.5, 0.6) is 5.75 Å². The van der Waals surface area contributed by atoms with Crippen LogP contribution in [0.4, 0.5) is 0 Å². The highest BCUT2D eigenvalue weighted by Gasteiger charge is 2.17. The van der Waals surface area contributed by atoms with Crippen molar-refractivity contribution in [3.05, 3.63) is 29.3 Å². The third-order valence-corrected chi connectivity index (χ3v) is 2.78. The van der Waals surface area contributed by atoms with Crippen LogP contribution in [-0.4, -0.2) is 17.2 Å². The van der Waals surface area contributed by atoms with Crippen LogP contribution in [0.3, 0.4) is 0 Å². The molecule has 0 fully saturated rings. The van der Waals surface area contributed by atoms with E-state index < -0.39 is 12.1 Å². The molecule has 0 saturated heterocycles. The SMILES string of the molecule is CC[C@@H](Oc1ccc(C(C)C)cc1C)C(=O)O. The highest BCUT2D eigenvalue weighted by atomic mass is 16.5. The number of ether oxygens (including phenoxy) is 1. The fourth-order valence-corrected chi connectivity index (χ4v) is 1.63. The third-order valence-electron chi connectivity index (χ3n) is 2.78. The summed E-state index contributed by atoms with van der Waals surface area (Å²) in [5.41, 5.74) is 2.22. The summed E-state index contributed by atoms with van der Waals surface area (Å²) in [5, 5.41) is 8.94. The lowest BCUT2D eigenvalue weighted by atomic mass is 10.0. The average Bonchev–Trinajstić information content (AvgIpc) is 2.26. The molecular formula is C14H20O3. The Morgan fingerprint density at radius 3 is 2.47 bits per heavy atom. The number of hydrogen-bond acceptors (Lipinski definition) is 2. The summed E-state index contributed by atoms with van der Waals surface area (Å²) in [6.45, 7) is 8.00. The molecule has 0 saturated carbocycles. The Balaban J connectivity index is 2.89. The minimum Gasteiger partial charge on any atom is -0.479 e. The Bertz CT molecular complexity index is 396. The van der Waals surface area contributed by atoms with Crippen molar-refractivity contribution < 1.29 is 14.6 Å². The van der Waals surface area contributed by atoms with Crippen molar-refractivity contribution in [3.63, 3.8) is 0 Å². The second kappa shape index (κ2) is 5.71. The molecule has 3 nitrogen and oxygen atoms in total. The Morgan fingerprint density at radius 1 is 1.41 bits per heavy atom. The van der Waals surface area contributed by atoms with Gasteiger partial charge in [0.25, 0.3) is 0 Å². The van der Waals surface area contributed by atoms with E-state index in [1.807, 2.05) is 19.1 Å². The Kier molecular flexibility index (Phi) is 4.55. The van der Waals surface area contributed by atoms with Gasteiger partial charge in [0.05, 0.1) is 0 Å². The van der Waals surface area contributed by atoms with E-state index in [0.29, 0.717) is 18.1 Å². The summed E-state index contributed by atoms with van der Waals surface area (Å²) in [6, 6.07) is 5.90. The summed E-state index contributed by atoms with van der Waals surface area (Å²) < 4.78 is 5.49. The van der Waals surface area contributed by atoms with Crippen molar-refractivity contribution in [3.8, 4) is 5.75 Å². The summed E-state index contributed by atoms with van der Waals surface area (Å²) >= 11 is 0. The Morgan fingerprint density at radius 2 is 2.06 bits per heavy atom. The van der Waals surface area contributed by atoms with Crippen molar-refractivity contribution in [1.82, 2.24) is 0 Å². The molecule has 0 unspecified atom stereocenters. The lowest BCUT2D eigenvalue weighted by Gasteiger charge is -2.16. The second-order valence-corrected chi connectivity index (χ2v) is 4.53. The number of carboxylic acids is 1. The summed E-state index contributed by atoms with van der Waals surface area (Å²) in [4.78, 5) is 10.9. The molecule has 1 rings (SSSR count). The predicted molar refractivity (Wildman–Crippen MR) is 67.6 cm³/mol. The van der Waals surface area contributed by atoms with E-state index in [1.54, 1.807) is 6.92 Å². The molecule has 17 heavy (non-hydrogen) atoms. The zero-order valence-electron chi connectivity index (χ0n) is 10.9. The minimum atomic E-state index is -0.917. The molecule has 0 heterocycles. The number of carbonyl (C=O) groups is 1. The van der Waals surface area contributed by atoms with Gasteiger partial charge in [0, 0.05) is 0 Å². The lowest BCUT2D eigenvalue weighted by molar-refractivity contribution is -0.145. The van der Waals surface area contributed by atoms with Crippen molar-refractivity contribution in [2.75, 3.05) is 0 Å². The van der Waals surface area contributed by atoms with Gasteiger partial charge in [-0.1, -0.05) is 32.9 Å². The molecule has 0 amide bonds. The van der Waals surface area contributed by atoms with Crippen LogP contribution < -0.4 is 4.74 Å². The maximum Gasteiger partial charge on any atom is 0.344 e. The molecule has 0 aliphatic rings. The van der Waals surface area contributed by atoms with E-state index >= 15 is 0 Å². The first-order valence-corrected chi connectivity index (χ1v) is 5.95. The largest absolute Gasteiger partial charge is 0.479 e. The number of rotatable bonds is 5. The summed E-state index contributed by atoms with van der Waals surface area (Å²) in [7, 11) is 0. The molecule has 1 aromatic rings. The molecule has 0 spiro atoms. The van der Waals surface area contributed by atoms with Crippen LogP contribution in [-0.2, 0) is 4.79 Å². The van der Waals surface area contributed by atoms with Crippen LogP contribution in [0.15, 0.2) is 18.2 Å². The van der Waals surface area contributed by atoms with Gasteiger partial charge in [0.2, 0.25) is 0 Å². The number of benzene rings is 1. The van der Waals surface area contributed by atoms with Gasteiger partial charge in [0.15, 0.2) is 6.10 Å². The number of carboxylic acid groups (broad SMARTS) is 1. The fourth-order valence-electron chi connectivity index (χ4n) is 1.63. The Labute approximate surface area is 102 Å². The first-order chi connectivity index (χ1) is 7.95. The lowest BCUT2D eigenvalue weighted by Crippen LogP contribution is -2.26. The van der Waals surface area contributed by atoms with E-state index in [-0.39, 0.29) is 0 Å². The van der Waals surface area contributed by atoms with Crippen LogP contribution >= 0.6 is 0 Å². The highest BCUT2D eigenvalue weighted by molar-refractivity contribution is 5.72. The first-order valence-electron chi connectivity index (χ1n) is 5.95. The molecule has 94 valence electrons. The normalized spacial score (nSPS) is 12.5. The quantitative estimate of drug-likeness (QED) is 0.852. The third kappa shape index (κ3) is 3.48. The van der Waals surface area contributed by atoms with Crippen molar-refractivity contribution in [2.45, 2.75) is 46.1 Å². The predicted octanol–water partition coefficient (Wildman–Crippen LogP) is 3.36. The van der Waals surface area contributed by atoms with Gasteiger partial charge in [-0.3, -0.25) is 0 Å². The first kappa shape index (κ1) is 13.6. The van der Waals surface area contributed by atoms with E-state index in [1.165, 1.54) is 5.56 Å². The van der Waals surface area contributed by atoms with Gasteiger partial charge in [-0.2, -0.15) is 0 Å². The molecule has 1 aromatic carbocycles. The van der Waals surface area contributed by atoms with E-state index in [4.69, 9.17) is 9.84 Å². The second-order valence-electron chi connectivity index (χ2n) is 4.53. The maximum absolute atomic E-state index is 10.9. The van der Waals surface area contributed by atoms with Gasteiger partial charge in [-0.05, 0) is 36.5 Å². The van der Waals surface area contributed by atoms with Crippen molar-refractivity contribution in [2.24, 2.45) is 0 Å². The molecule has 1 N–H and O–H groups in total. The molecule has 0 aliphatic heterocycles. The van der Waals surface area contributed by atoms with Gasteiger partial charge in [-0.25, -0.2) is 4.79 Å². The van der Waals surface area contributed by atoms with Crippen LogP contribution in [0.25, 0.3) is 0 Å². The van der Waals surface area contributed by atoms with Crippen LogP contribution in [0.1, 0.15) is 44.2 Å². The smallest absolute Gasteiger partial charge is 0.344 e. The molecule has 0 aromatic heterocycles. The van der Waals surface area contributed by atoms with E-state index in [0.717, 1.165) is 5.56 Å². The molecule has 0 aliphatic carbocycles. The summed E-state index contributed by atoms with van der Waals surface area (Å²) in [6.07, 6.45) is -0.306. The number of aliphatic carboxylic acids is 1. The number of aryl methyl sites for hydroxylation is 1. The average molecular weight is 236 g/mol. The van der Waals surface area contributed by atoms with E-state index in [2.05, 4.69) is 19.9 Å². The molecule has 0 bridgehead atoms. The number of hydrogen-bond donors (Lipinski definition) is 1. The van der Waals surface area contributed by atoms with Crippen LogP contribution in [0, 0.1) is 6.92 Å². The van der Waals surface area contributed by atoms with Crippen molar-refractivity contribution >= 4 is 5.97 Å². The fraction of sp³-hybridized carbons (Fsp3) is 0.500. The van der Waals surface area contributed by atoms with Gasteiger partial charge in [-0.15, -0.1) is 0 Å². The van der Waals surface area contributed by atoms with Crippen LogP contribution in [0.2, 0.25) is 0 Å². The van der Waals surface area contributed by atoms with Gasteiger partial charge in [0.1, 0.15) is 5.75 Å². The molecule has 0 radical (unpaired) electrons. The van der Waals surface area contributed by atoms with Gasteiger partial charge >= 0.3 is 5.97 Å². The highest BCUT2D eigenvalue weighted by Crippen LogP contribution is 2.24. The standard InChI is InChI=1S/C14H20O3/c1-5-12(14(15)16)17-13-7-6-11(9(2)3)8-10(13)4/h6-9,12H,5H2,1-4H3,(H,15,16)/t12-/m1/s1. The topological polar surface area (TPSA) is 46.5 Å². The zero-order valence-corrected chi connectivity index (χ0v) is 10.9. The minimum absolute atomic E-state index is 0.459. The Hall–Kier alpha value is -1.51. The molecule has 3 heteroatoms. The van der Waals surface area contributed by atoms with Crippen molar-refractivity contribution in [1.29, 1.82) is 0 Å². The molecule has 1 atom stereocenters. The monoisotopic (exact) mass is 236 g/mol. The maximum atomic E-state index is 10.9. The van der Waals surface area contributed by atoms with Gasteiger partial charge < -0.3 is 9.84 Å². The summed E-state index contributed by atoms with van der Waals surface area (Å²) in [5.74, 6) is 0.202. The zero-order chi connectivity index (χ0) is 13.0. The van der Waals surface area contributed by atoms with E-state index in [9.17, 15) is 4.79 Å².